The van der Waals surface area contributed by atoms with Crippen LogP contribution in [-0.4, -0.2) is 24.9 Å². The Morgan fingerprint density at radius 1 is 0.900 bits per heavy atom. The van der Waals surface area contributed by atoms with Crippen LogP contribution in [0.1, 0.15) is 28.4 Å². The van der Waals surface area contributed by atoms with E-state index in [1.807, 2.05) is 24.3 Å². The first-order valence-electron chi connectivity index (χ1n) is 9.32. The minimum absolute atomic E-state index is 0.0101. The van der Waals surface area contributed by atoms with Crippen molar-refractivity contribution in [1.82, 2.24) is 0 Å². The molecule has 1 N–H and O–H groups in total. The summed E-state index contributed by atoms with van der Waals surface area (Å²) in [4.78, 5) is 23.3. The molecule has 7 nitrogen and oxygen atoms in total. The zero-order valence-electron chi connectivity index (χ0n) is 16.7. The maximum Gasteiger partial charge on any atom is 0.269 e. The van der Waals surface area contributed by atoms with Crippen LogP contribution in [0.15, 0.2) is 72.8 Å². The lowest BCUT2D eigenvalue weighted by Crippen LogP contribution is -2.16. The molecule has 0 amide bonds. The monoisotopic (exact) mass is 406 g/mol. The summed E-state index contributed by atoms with van der Waals surface area (Å²) < 4.78 is 10.4. The average molecular weight is 406 g/mol. The van der Waals surface area contributed by atoms with Gasteiger partial charge in [-0.1, -0.05) is 12.1 Å². The molecule has 0 aromatic heterocycles. The first-order chi connectivity index (χ1) is 14.5. The fraction of sp³-hybridized carbons (Fsp3) is 0.174. The first kappa shape index (κ1) is 20.9. The van der Waals surface area contributed by atoms with Crippen molar-refractivity contribution in [3.05, 3.63) is 94.0 Å². The number of hydrogen-bond acceptors (Lipinski definition) is 6. The van der Waals surface area contributed by atoms with Crippen molar-refractivity contribution < 1.29 is 19.2 Å². The Balaban J connectivity index is 1.83. The van der Waals surface area contributed by atoms with E-state index in [4.69, 9.17) is 9.47 Å². The molecule has 7 heteroatoms. The van der Waals surface area contributed by atoms with Gasteiger partial charge >= 0.3 is 0 Å². The summed E-state index contributed by atoms with van der Waals surface area (Å²) >= 11 is 0. The minimum atomic E-state index is -0.446. The largest absolute Gasteiger partial charge is 0.497 e. The number of nitrogens with one attached hydrogen (secondary N) is 1. The fourth-order valence-electron chi connectivity index (χ4n) is 3.05. The maximum absolute atomic E-state index is 12.9. The molecule has 0 bridgehead atoms. The van der Waals surface area contributed by atoms with E-state index in [0.717, 1.165) is 5.56 Å². The van der Waals surface area contributed by atoms with Crippen LogP contribution in [-0.2, 0) is 0 Å². The summed E-state index contributed by atoms with van der Waals surface area (Å²) in [6.07, 6.45) is 0.204. The van der Waals surface area contributed by atoms with Gasteiger partial charge in [0.1, 0.15) is 11.5 Å². The molecule has 3 aromatic rings. The standard InChI is InChI=1S/C23H22N2O5/c1-29-20-11-3-16(4-12-20)22(24-18-7-9-19(10-8-18)25(27)28)15-23(26)17-5-13-21(30-2)14-6-17/h3-14,22,24H,15H2,1-2H3/t22-/m0/s1. The number of rotatable bonds is 9. The SMILES string of the molecule is COc1ccc(C(=O)C[C@H](Nc2ccc([N+](=O)[O-])cc2)c2ccc(OC)cc2)cc1. The summed E-state index contributed by atoms with van der Waals surface area (Å²) in [5.41, 5.74) is 2.18. The topological polar surface area (TPSA) is 90.7 Å². The molecule has 0 aliphatic rings. The maximum atomic E-state index is 12.9. The van der Waals surface area contributed by atoms with Crippen LogP contribution >= 0.6 is 0 Å². The lowest BCUT2D eigenvalue weighted by Gasteiger charge is -2.20. The van der Waals surface area contributed by atoms with Crippen molar-refractivity contribution in [2.24, 2.45) is 0 Å². The molecule has 0 fully saturated rings. The predicted octanol–water partition coefficient (Wildman–Crippen LogP) is 5.04. The van der Waals surface area contributed by atoms with Gasteiger partial charge in [0.25, 0.3) is 5.69 Å². The molecule has 0 unspecified atom stereocenters. The smallest absolute Gasteiger partial charge is 0.269 e. The second-order valence-electron chi connectivity index (χ2n) is 6.63. The number of hydrogen-bond donors (Lipinski definition) is 1. The van der Waals surface area contributed by atoms with Crippen molar-refractivity contribution in [2.75, 3.05) is 19.5 Å². The Kier molecular flexibility index (Phi) is 6.64. The number of carbonyl (C=O) groups is 1. The van der Waals surface area contributed by atoms with Crippen molar-refractivity contribution in [2.45, 2.75) is 12.5 Å². The number of ether oxygens (including phenoxy) is 2. The summed E-state index contributed by atoms with van der Waals surface area (Å²) in [6, 6.07) is 20.2. The molecule has 0 aliphatic heterocycles. The van der Waals surface area contributed by atoms with Gasteiger partial charge in [0.15, 0.2) is 5.78 Å². The molecule has 154 valence electrons. The summed E-state index contributed by atoms with van der Waals surface area (Å²) in [6.45, 7) is 0. The zero-order valence-corrected chi connectivity index (χ0v) is 16.7. The molecule has 0 aliphatic carbocycles. The molecule has 0 radical (unpaired) electrons. The van der Waals surface area contributed by atoms with Crippen molar-refractivity contribution in [3.8, 4) is 11.5 Å². The zero-order chi connectivity index (χ0) is 21.5. The van der Waals surface area contributed by atoms with Crippen LogP contribution in [0.3, 0.4) is 0 Å². The number of benzene rings is 3. The van der Waals surface area contributed by atoms with Gasteiger partial charge < -0.3 is 14.8 Å². The number of nitro groups is 1. The highest BCUT2D eigenvalue weighted by Crippen LogP contribution is 2.27. The molecule has 30 heavy (non-hydrogen) atoms. The van der Waals surface area contributed by atoms with E-state index in [0.29, 0.717) is 22.7 Å². The lowest BCUT2D eigenvalue weighted by molar-refractivity contribution is -0.384. The predicted molar refractivity (Wildman–Crippen MR) is 114 cm³/mol. The van der Waals surface area contributed by atoms with E-state index in [1.54, 1.807) is 50.6 Å². The molecule has 3 rings (SSSR count). The van der Waals surface area contributed by atoms with E-state index >= 15 is 0 Å². The Bertz CT molecular complexity index is 999. The number of carbonyl (C=O) groups excluding carboxylic acids is 1. The first-order valence-corrected chi connectivity index (χ1v) is 9.32. The summed E-state index contributed by atoms with van der Waals surface area (Å²) in [5, 5.41) is 14.2. The van der Waals surface area contributed by atoms with Crippen LogP contribution < -0.4 is 14.8 Å². The molecular weight excluding hydrogens is 384 g/mol. The normalized spacial score (nSPS) is 11.4. The minimum Gasteiger partial charge on any atom is -0.497 e. The Hall–Kier alpha value is -3.87. The number of Topliss-reactive ketones (excluding diaryl/α,β-unsaturated/α-hetero) is 1. The Morgan fingerprint density at radius 2 is 1.43 bits per heavy atom. The van der Waals surface area contributed by atoms with Crippen LogP contribution in [0, 0.1) is 10.1 Å². The molecule has 0 saturated carbocycles. The van der Waals surface area contributed by atoms with Crippen LogP contribution in [0.5, 0.6) is 11.5 Å². The molecule has 0 spiro atoms. The van der Waals surface area contributed by atoms with Gasteiger partial charge in [-0.15, -0.1) is 0 Å². The highest BCUT2D eigenvalue weighted by Gasteiger charge is 2.18. The second kappa shape index (κ2) is 9.56. The van der Waals surface area contributed by atoms with Gasteiger partial charge in [-0.05, 0) is 54.1 Å². The summed E-state index contributed by atoms with van der Waals surface area (Å²) in [7, 11) is 3.17. The molecular formula is C23H22N2O5. The van der Waals surface area contributed by atoms with E-state index in [9.17, 15) is 14.9 Å². The van der Waals surface area contributed by atoms with Gasteiger partial charge in [-0.25, -0.2) is 0 Å². The second-order valence-corrected chi connectivity index (χ2v) is 6.63. The number of methoxy groups -OCH3 is 2. The van der Waals surface area contributed by atoms with Gasteiger partial charge in [0.2, 0.25) is 0 Å². The number of anilines is 1. The third kappa shape index (κ3) is 5.14. The van der Waals surface area contributed by atoms with Crippen molar-refractivity contribution >= 4 is 17.2 Å². The van der Waals surface area contributed by atoms with E-state index in [1.165, 1.54) is 12.1 Å². The van der Waals surface area contributed by atoms with Crippen molar-refractivity contribution in [1.29, 1.82) is 0 Å². The highest BCUT2D eigenvalue weighted by atomic mass is 16.6. The van der Waals surface area contributed by atoms with Crippen LogP contribution in [0.25, 0.3) is 0 Å². The Morgan fingerprint density at radius 3 is 1.93 bits per heavy atom. The molecule has 0 heterocycles. The number of nitro benzene ring substituents is 1. The summed E-state index contributed by atoms with van der Waals surface area (Å²) in [5.74, 6) is 1.37. The number of ketones is 1. The van der Waals surface area contributed by atoms with Crippen molar-refractivity contribution in [3.63, 3.8) is 0 Å². The van der Waals surface area contributed by atoms with Gasteiger partial charge in [-0.3, -0.25) is 14.9 Å². The van der Waals surface area contributed by atoms with E-state index in [-0.39, 0.29) is 23.9 Å². The average Bonchev–Trinajstić information content (AvgIpc) is 2.79. The fourth-order valence-corrected chi connectivity index (χ4v) is 3.05. The highest BCUT2D eigenvalue weighted by molar-refractivity contribution is 5.96. The molecule has 0 saturated heterocycles. The molecule has 3 aromatic carbocycles. The number of non-ortho nitro benzene ring substituents is 1. The third-order valence-corrected chi connectivity index (χ3v) is 4.74. The lowest BCUT2D eigenvalue weighted by atomic mass is 9.97. The quantitative estimate of drug-likeness (QED) is 0.304. The van der Waals surface area contributed by atoms with Crippen LogP contribution in [0.2, 0.25) is 0 Å². The Labute approximate surface area is 174 Å². The molecule has 1 atom stereocenters. The van der Waals surface area contributed by atoms with Crippen LogP contribution in [0.4, 0.5) is 11.4 Å². The number of nitrogens with zero attached hydrogens (tertiary/aromatic N) is 1. The van der Waals surface area contributed by atoms with Gasteiger partial charge in [0, 0.05) is 29.8 Å². The van der Waals surface area contributed by atoms with Gasteiger partial charge in [-0.2, -0.15) is 0 Å². The van der Waals surface area contributed by atoms with Gasteiger partial charge in [0.05, 0.1) is 25.2 Å². The van der Waals surface area contributed by atoms with E-state index < -0.39 is 4.92 Å². The van der Waals surface area contributed by atoms with E-state index in [2.05, 4.69) is 5.32 Å². The third-order valence-electron chi connectivity index (χ3n) is 4.74.